The molecule has 0 aliphatic heterocycles. The van der Waals surface area contributed by atoms with E-state index >= 15 is 0 Å². The molecule has 132 valence electrons. The smallest absolute Gasteiger partial charge is 0.105 e. The molecule has 4 aliphatic carbocycles. The average Bonchev–Trinajstić information content (AvgIpc) is 3.03. The minimum atomic E-state index is 0.534. The highest BCUT2D eigenvalue weighted by Gasteiger charge is 2.53. The number of hydrogen-bond donors (Lipinski definition) is 2. The second-order valence-corrected chi connectivity index (χ2v) is 9.26. The maximum Gasteiger partial charge on any atom is 0.105 e. The molecule has 4 bridgehead atoms. The van der Waals surface area contributed by atoms with E-state index in [0.29, 0.717) is 5.54 Å². The van der Waals surface area contributed by atoms with Crippen molar-refractivity contribution < 1.29 is 5.32 Å². The number of aromatic amines is 1. The van der Waals surface area contributed by atoms with Crippen LogP contribution in [0.15, 0.2) is 24.4 Å². The number of aryl methyl sites for hydroxylation is 2. The maximum atomic E-state index is 4.37. The molecule has 0 spiro atoms. The Kier molecular flexibility index (Phi) is 3.56. The van der Waals surface area contributed by atoms with Crippen LogP contribution in [-0.4, -0.2) is 15.7 Å². The summed E-state index contributed by atoms with van der Waals surface area (Å²) < 4.78 is 0. The number of rotatable bonds is 4. The SMILES string of the molecule is Cc1ccc(-c2[nH]ncc2C[NH2+]C23CC4CC(CC(C4)C2)C3)cc1C. The Balaban J connectivity index is 1.36. The largest absolute Gasteiger partial charge is 0.338 e. The summed E-state index contributed by atoms with van der Waals surface area (Å²) in [6.45, 7) is 5.43. The normalized spacial score (nSPS) is 33.1. The molecule has 0 saturated heterocycles. The molecule has 2 aromatic rings. The highest BCUT2D eigenvalue weighted by Crippen LogP contribution is 2.54. The van der Waals surface area contributed by atoms with Gasteiger partial charge < -0.3 is 5.32 Å². The summed E-state index contributed by atoms with van der Waals surface area (Å²) in [5.74, 6) is 3.06. The first-order valence-electron chi connectivity index (χ1n) is 10.0. The van der Waals surface area contributed by atoms with Crippen molar-refractivity contribution in [1.82, 2.24) is 10.2 Å². The van der Waals surface area contributed by atoms with Crippen molar-refractivity contribution in [2.45, 2.75) is 64.5 Å². The van der Waals surface area contributed by atoms with Gasteiger partial charge in [0.15, 0.2) is 0 Å². The lowest BCUT2D eigenvalue weighted by atomic mass is 9.53. The molecule has 0 radical (unpaired) electrons. The van der Waals surface area contributed by atoms with Crippen molar-refractivity contribution in [2.75, 3.05) is 0 Å². The Bertz CT molecular complexity index is 753. The van der Waals surface area contributed by atoms with Crippen molar-refractivity contribution >= 4 is 0 Å². The first kappa shape index (κ1) is 15.6. The summed E-state index contributed by atoms with van der Waals surface area (Å²) >= 11 is 0. The van der Waals surface area contributed by atoms with E-state index in [1.807, 2.05) is 6.20 Å². The summed E-state index contributed by atoms with van der Waals surface area (Å²) in [6, 6.07) is 6.74. The van der Waals surface area contributed by atoms with Crippen molar-refractivity contribution in [3.8, 4) is 11.3 Å². The zero-order chi connectivity index (χ0) is 17.0. The standard InChI is InChI=1S/C22H29N3/c1-14-3-4-19(5-15(14)2)21-20(13-24-25-21)12-23-22-9-16-6-17(10-22)8-18(7-16)11-22/h3-5,13,16-18,23H,6-12H2,1-2H3,(H,24,25)/p+1. The lowest BCUT2D eigenvalue weighted by Gasteiger charge is -2.54. The molecule has 1 aromatic carbocycles. The minimum Gasteiger partial charge on any atom is -0.338 e. The quantitative estimate of drug-likeness (QED) is 0.878. The van der Waals surface area contributed by atoms with E-state index in [0.717, 1.165) is 24.3 Å². The number of hydrogen-bond acceptors (Lipinski definition) is 1. The minimum absolute atomic E-state index is 0.534. The number of nitrogens with zero attached hydrogens (tertiary/aromatic N) is 1. The summed E-state index contributed by atoms with van der Waals surface area (Å²) in [5.41, 5.74) is 7.08. The van der Waals surface area contributed by atoms with Gasteiger partial charge in [0.05, 0.1) is 23.0 Å². The van der Waals surface area contributed by atoms with Gasteiger partial charge in [-0.3, -0.25) is 5.10 Å². The van der Waals surface area contributed by atoms with Crippen LogP contribution < -0.4 is 5.32 Å². The Morgan fingerprint density at radius 3 is 2.36 bits per heavy atom. The molecule has 0 amide bonds. The molecule has 3 nitrogen and oxygen atoms in total. The molecule has 0 atom stereocenters. The number of H-pyrrole nitrogens is 1. The summed E-state index contributed by atoms with van der Waals surface area (Å²) in [6.07, 6.45) is 11.0. The van der Waals surface area contributed by atoms with Gasteiger partial charge in [-0.2, -0.15) is 5.10 Å². The first-order valence-corrected chi connectivity index (χ1v) is 10.0. The van der Waals surface area contributed by atoms with Crippen molar-refractivity contribution in [3.05, 3.63) is 41.1 Å². The Morgan fingerprint density at radius 2 is 1.72 bits per heavy atom. The fourth-order valence-corrected chi connectivity index (χ4v) is 6.37. The van der Waals surface area contributed by atoms with E-state index < -0.39 is 0 Å². The number of quaternary nitrogens is 1. The van der Waals surface area contributed by atoms with Crippen LogP contribution in [-0.2, 0) is 6.54 Å². The van der Waals surface area contributed by atoms with Gasteiger partial charge in [-0.25, -0.2) is 0 Å². The third-order valence-electron chi connectivity index (χ3n) is 7.35. The molecule has 1 heterocycles. The predicted octanol–water partition coefficient (Wildman–Crippen LogP) is 3.73. The molecule has 1 aromatic heterocycles. The van der Waals surface area contributed by atoms with E-state index in [1.165, 1.54) is 66.5 Å². The van der Waals surface area contributed by atoms with E-state index in [-0.39, 0.29) is 0 Å². The molecular formula is C22H30N3+. The lowest BCUT2D eigenvalue weighted by Crippen LogP contribution is -2.97. The van der Waals surface area contributed by atoms with Crippen LogP contribution in [0.25, 0.3) is 11.3 Å². The third kappa shape index (κ3) is 2.73. The van der Waals surface area contributed by atoms with Crippen molar-refractivity contribution in [2.24, 2.45) is 17.8 Å². The van der Waals surface area contributed by atoms with Gasteiger partial charge >= 0.3 is 0 Å². The molecule has 3 N–H and O–H groups in total. The topological polar surface area (TPSA) is 45.3 Å². The number of nitrogens with two attached hydrogens (primary N) is 1. The van der Waals surface area contributed by atoms with Gasteiger partial charge in [0.25, 0.3) is 0 Å². The zero-order valence-electron chi connectivity index (χ0n) is 15.5. The van der Waals surface area contributed by atoms with Gasteiger partial charge in [-0.05, 0) is 68.1 Å². The summed E-state index contributed by atoms with van der Waals surface area (Å²) in [5, 5.41) is 10.3. The third-order valence-corrected chi connectivity index (χ3v) is 7.35. The van der Waals surface area contributed by atoms with Crippen molar-refractivity contribution in [3.63, 3.8) is 0 Å². The van der Waals surface area contributed by atoms with E-state index in [9.17, 15) is 0 Å². The number of nitrogens with one attached hydrogen (secondary N) is 1. The Morgan fingerprint density at radius 1 is 1.04 bits per heavy atom. The molecule has 3 heteroatoms. The van der Waals surface area contributed by atoms with Crippen LogP contribution in [0.5, 0.6) is 0 Å². The second-order valence-electron chi connectivity index (χ2n) is 9.26. The van der Waals surface area contributed by atoms with Crippen LogP contribution in [0.3, 0.4) is 0 Å². The van der Waals surface area contributed by atoms with Gasteiger partial charge in [0.2, 0.25) is 0 Å². The van der Waals surface area contributed by atoms with E-state index in [4.69, 9.17) is 0 Å². The van der Waals surface area contributed by atoms with Crippen LogP contribution in [0.1, 0.15) is 55.2 Å². The zero-order valence-corrected chi connectivity index (χ0v) is 15.5. The predicted molar refractivity (Wildman–Crippen MR) is 100 cm³/mol. The average molecular weight is 337 g/mol. The molecular weight excluding hydrogens is 306 g/mol. The van der Waals surface area contributed by atoms with Gasteiger partial charge in [0, 0.05) is 24.8 Å². The van der Waals surface area contributed by atoms with Crippen LogP contribution in [0, 0.1) is 31.6 Å². The maximum absolute atomic E-state index is 4.37. The van der Waals surface area contributed by atoms with Crippen LogP contribution in [0.4, 0.5) is 0 Å². The molecule has 4 saturated carbocycles. The van der Waals surface area contributed by atoms with Crippen molar-refractivity contribution in [1.29, 1.82) is 0 Å². The Labute approximate surface area is 150 Å². The second kappa shape index (κ2) is 5.70. The molecule has 6 rings (SSSR count). The highest BCUT2D eigenvalue weighted by molar-refractivity contribution is 5.63. The monoisotopic (exact) mass is 336 g/mol. The number of benzene rings is 1. The summed E-state index contributed by atoms with van der Waals surface area (Å²) in [4.78, 5) is 0. The van der Waals surface area contributed by atoms with Crippen LogP contribution >= 0.6 is 0 Å². The fourth-order valence-electron chi connectivity index (χ4n) is 6.37. The first-order chi connectivity index (χ1) is 12.1. The number of aromatic nitrogens is 2. The molecule has 4 aliphatic rings. The molecule has 25 heavy (non-hydrogen) atoms. The van der Waals surface area contributed by atoms with Gasteiger partial charge in [-0.1, -0.05) is 12.1 Å². The summed E-state index contributed by atoms with van der Waals surface area (Å²) in [7, 11) is 0. The Hall–Kier alpha value is -1.61. The fraction of sp³-hybridized carbons (Fsp3) is 0.591. The van der Waals surface area contributed by atoms with E-state index in [1.54, 1.807) is 0 Å². The van der Waals surface area contributed by atoms with Gasteiger partial charge in [0.1, 0.15) is 6.54 Å². The van der Waals surface area contributed by atoms with Gasteiger partial charge in [-0.15, -0.1) is 0 Å². The molecule has 4 fully saturated rings. The lowest BCUT2D eigenvalue weighted by molar-refractivity contribution is -0.752. The highest BCUT2D eigenvalue weighted by atomic mass is 15.1. The van der Waals surface area contributed by atoms with Crippen LogP contribution in [0.2, 0.25) is 0 Å². The van der Waals surface area contributed by atoms with E-state index in [2.05, 4.69) is 47.6 Å². The molecule has 0 unspecified atom stereocenters.